The fourth-order valence-electron chi connectivity index (χ4n) is 4.37. The van der Waals surface area contributed by atoms with Gasteiger partial charge in [0.1, 0.15) is 0 Å². The third-order valence-electron chi connectivity index (χ3n) is 5.82. The smallest absolute Gasteiger partial charge is 0.163 e. The fraction of sp³-hybridized carbons (Fsp3) is 0.429. The van der Waals surface area contributed by atoms with Gasteiger partial charge in [-0.25, -0.2) is 8.78 Å². The van der Waals surface area contributed by atoms with Crippen molar-refractivity contribution in [3.05, 3.63) is 71.3 Å². The molecule has 2 N–H and O–H groups in total. The maximum absolute atomic E-state index is 13.9. The van der Waals surface area contributed by atoms with Gasteiger partial charge in [0.15, 0.2) is 11.6 Å². The van der Waals surface area contributed by atoms with Crippen LogP contribution in [0.1, 0.15) is 29.9 Å². The zero-order valence-corrected chi connectivity index (χ0v) is 14.8. The number of nitrogens with one attached hydrogen (secondary N) is 2. The molecule has 2 heterocycles. The Balaban J connectivity index is 1.37. The summed E-state index contributed by atoms with van der Waals surface area (Å²) in [6.07, 6.45) is 2.14. The van der Waals surface area contributed by atoms with Gasteiger partial charge in [-0.15, -0.1) is 0 Å². The van der Waals surface area contributed by atoms with Crippen LogP contribution in [0, 0.1) is 17.6 Å². The highest BCUT2D eigenvalue weighted by Gasteiger charge is 2.36. The lowest BCUT2D eigenvalue weighted by atomic mass is 9.80. The number of halogens is 2. The summed E-state index contributed by atoms with van der Waals surface area (Å²) in [6, 6.07) is 15.5. The molecule has 2 aliphatic rings. The summed E-state index contributed by atoms with van der Waals surface area (Å²) in [5.74, 6) is -0.401. The maximum atomic E-state index is 13.9. The zero-order valence-electron chi connectivity index (χ0n) is 14.8. The van der Waals surface area contributed by atoms with Crippen molar-refractivity contribution in [3.8, 4) is 0 Å². The number of piperidine rings is 1. The SMILES string of the molecule is Fc1cccc(CN2CCC(C3NNCC3c3ccccc3)CC2)c1F. The predicted octanol–water partition coefficient (Wildman–Crippen LogP) is 3.44. The van der Waals surface area contributed by atoms with Gasteiger partial charge in [0.05, 0.1) is 0 Å². The Morgan fingerprint density at radius 3 is 2.50 bits per heavy atom. The standard InChI is InChI=1S/C21H25F2N3/c22-19-8-4-7-17(20(19)23)14-26-11-9-16(10-12-26)21-18(13-24-25-21)15-5-2-1-3-6-15/h1-8,16,18,21,24-25H,9-14H2. The van der Waals surface area contributed by atoms with Gasteiger partial charge < -0.3 is 0 Å². The Bertz CT molecular complexity index is 729. The van der Waals surface area contributed by atoms with Crippen molar-refractivity contribution in [2.75, 3.05) is 19.6 Å². The average molecular weight is 357 g/mol. The van der Waals surface area contributed by atoms with Crippen LogP contribution in [0.3, 0.4) is 0 Å². The van der Waals surface area contributed by atoms with Crippen molar-refractivity contribution >= 4 is 0 Å². The van der Waals surface area contributed by atoms with Crippen LogP contribution in [-0.4, -0.2) is 30.6 Å². The molecular formula is C21H25F2N3. The molecule has 2 unspecified atom stereocenters. The lowest BCUT2D eigenvalue weighted by Gasteiger charge is -2.36. The number of hydrogen-bond acceptors (Lipinski definition) is 3. The number of hydrazine groups is 1. The molecule has 0 saturated carbocycles. The predicted molar refractivity (Wildman–Crippen MR) is 98.5 cm³/mol. The molecule has 2 fully saturated rings. The number of hydrogen-bond donors (Lipinski definition) is 2. The number of rotatable bonds is 4. The second-order valence-corrected chi connectivity index (χ2v) is 7.39. The highest BCUT2D eigenvalue weighted by atomic mass is 19.2. The summed E-state index contributed by atoms with van der Waals surface area (Å²) in [7, 11) is 0. The minimum Gasteiger partial charge on any atom is -0.299 e. The van der Waals surface area contributed by atoms with Crippen molar-refractivity contribution in [1.82, 2.24) is 15.8 Å². The summed E-state index contributed by atoms with van der Waals surface area (Å²) in [5.41, 5.74) is 8.63. The monoisotopic (exact) mass is 357 g/mol. The first-order valence-electron chi connectivity index (χ1n) is 9.41. The maximum Gasteiger partial charge on any atom is 0.163 e. The molecule has 0 aliphatic carbocycles. The molecule has 0 bridgehead atoms. The van der Waals surface area contributed by atoms with Gasteiger partial charge in [0.2, 0.25) is 0 Å². The molecule has 4 rings (SSSR count). The molecule has 5 heteroatoms. The highest BCUT2D eigenvalue weighted by molar-refractivity contribution is 5.23. The topological polar surface area (TPSA) is 27.3 Å². The van der Waals surface area contributed by atoms with Gasteiger partial charge in [-0.3, -0.25) is 15.8 Å². The molecule has 138 valence electrons. The number of benzene rings is 2. The van der Waals surface area contributed by atoms with Gasteiger partial charge >= 0.3 is 0 Å². The van der Waals surface area contributed by atoms with Crippen LogP contribution in [-0.2, 0) is 6.54 Å². The molecule has 0 radical (unpaired) electrons. The molecule has 2 aromatic carbocycles. The van der Waals surface area contributed by atoms with Crippen LogP contribution in [0.25, 0.3) is 0 Å². The normalized spacial score (nSPS) is 24.8. The van der Waals surface area contributed by atoms with Crippen molar-refractivity contribution in [2.45, 2.75) is 31.3 Å². The molecule has 2 saturated heterocycles. The third kappa shape index (κ3) is 3.65. The van der Waals surface area contributed by atoms with Gasteiger partial charge in [0.25, 0.3) is 0 Å². The van der Waals surface area contributed by atoms with E-state index in [2.05, 4.69) is 46.1 Å². The van der Waals surface area contributed by atoms with Crippen molar-refractivity contribution in [3.63, 3.8) is 0 Å². The third-order valence-corrected chi connectivity index (χ3v) is 5.82. The van der Waals surface area contributed by atoms with Crippen LogP contribution in [0.15, 0.2) is 48.5 Å². The summed E-state index contributed by atoms with van der Waals surface area (Å²) in [5, 5.41) is 0. The van der Waals surface area contributed by atoms with Crippen LogP contribution >= 0.6 is 0 Å². The molecule has 2 aromatic rings. The lowest BCUT2D eigenvalue weighted by molar-refractivity contribution is 0.150. The Morgan fingerprint density at radius 1 is 0.962 bits per heavy atom. The molecular weight excluding hydrogens is 332 g/mol. The van der Waals surface area contributed by atoms with Crippen molar-refractivity contribution in [2.24, 2.45) is 5.92 Å². The minimum absolute atomic E-state index is 0.422. The summed E-state index contributed by atoms with van der Waals surface area (Å²) < 4.78 is 27.3. The Hall–Kier alpha value is -1.82. The van der Waals surface area contributed by atoms with E-state index in [1.54, 1.807) is 12.1 Å². The second-order valence-electron chi connectivity index (χ2n) is 7.39. The van der Waals surface area contributed by atoms with Crippen molar-refractivity contribution < 1.29 is 8.78 Å². The first kappa shape index (κ1) is 17.6. The van der Waals surface area contributed by atoms with Gasteiger partial charge in [-0.05, 0) is 43.5 Å². The molecule has 26 heavy (non-hydrogen) atoms. The number of likely N-dealkylation sites (tertiary alicyclic amines) is 1. The molecule has 0 spiro atoms. The Morgan fingerprint density at radius 2 is 1.73 bits per heavy atom. The molecule has 0 aromatic heterocycles. The summed E-state index contributed by atoms with van der Waals surface area (Å²) >= 11 is 0. The van der Waals surface area contributed by atoms with Crippen molar-refractivity contribution in [1.29, 1.82) is 0 Å². The van der Waals surface area contributed by atoms with Gasteiger partial charge in [-0.1, -0.05) is 42.5 Å². The fourth-order valence-corrected chi connectivity index (χ4v) is 4.37. The van der Waals surface area contributed by atoms with Crippen LogP contribution in [0.2, 0.25) is 0 Å². The lowest BCUT2D eigenvalue weighted by Crippen LogP contribution is -2.44. The van der Waals surface area contributed by atoms with Gasteiger partial charge in [-0.2, -0.15) is 0 Å². The van der Waals surface area contributed by atoms with Crippen LogP contribution in [0.4, 0.5) is 8.78 Å². The zero-order chi connectivity index (χ0) is 17.9. The first-order valence-corrected chi connectivity index (χ1v) is 9.41. The van der Waals surface area contributed by atoms with E-state index in [0.717, 1.165) is 32.5 Å². The molecule has 3 nitrogen and oxygen atoms in total. The Labute approximate surface area is 153 Å². The van der Waals surface area contributed by atoms with Gasteiger partial charge in [0, 0.05) is 30.6 Å². The van der Waals surface area contributed by atoms with E-state index in [9.17, 15) is 8.78 Å². The quantitative estimate of drug-likeness (QED) is 0.878. The van der Waals surface area contributed by atoms with E-state index < -0.39 is 11.6 Å². The van der Waals surface area contributed by atoms with Crippen LogP contribution in [0.5, 0.6) is 0 Å². The van der Waals surface area contributed by atoms with E-state index in [-0.39, 0.29) is 0 Å². The number of nitrogens with zero attached hydrogens (tertiary/aromatic N) is 1. The molecule has 2 atom stereocenters. The summed E-state index contributed by atoms with van der Waals surface area (Å²) in [4.78, 5) is 2.23. The molecule has 0 amide bonds. The highest BCUT2D eigenvalue weighted by Crippen LogP contribution is 2.32. The minimum atomic E-state index is -0.760. The first-order chi connectivity index (χ1) is 12.7. The largest absolute Gasteiger partial charge is 0.299 e. The molecule has 2 aliphatic heterocycles. The van der Waals surface area contributed by atoms with E-state index in [1.807, 2.05) is 0 Å². The Kier molecular flexibility index (Phi) is 5.29. The second kappa shape index (κ2) is 7.82. The average Bonchev–Trinajstić information content (AvgIpc) is 3.17. The summed E-state index contributed by atoms with van der Waals surface area (Å²) in [6.45, 7) is 3.26. The van der Waals surface area contributed by atoms with E-state index in [1.165, 1.54) is 11.6 Å². The van der Waals surface area contributed by atoms with Crippen LogP contribution < -0.4 is 10.9 Å². The van der Waals surface area contributed by atoms with E-state index in [4.69, 9.17) is 0 Å². The van der Waals surface area contributed by atoms with E-state index in [0.29, 0.717) is 30.0 Å². The van der Waals surface area contributed by atoms with E-state index >= 15 is 0 Å².